The average molecular weight is 683 g/mol. The van der Waals surface area contributed by atoms with Crippen molar-refractivity contribution in [2.75, 3.05) is 0 Å². The third kappa shape index (κ3) is 4.00. The minimum Gasteiger partial charge on any atom is -0.254 e. The summed E-state index contributed by atoms with van der Waals surface area (Å²) < 4.78 is 0. The number of nitrogens with zero attached hydrogens (tertiary/aromatic N) is 2. The van der Waals surface area contributed by atoms with Gasteiger partial charge in [-0.1, -0.05) is 152 Å². The molecule has 0 amide bonds. The quantitative estimate of drug-likeness (QED) is 0.134. The van der Waals surface area contributed by atoms with Gasteiger partial charge in [-0.15, -0.1) is 0 Å². The van der Waals surface area contributed by atoms with Gasteiger partial charge in [-0.05, 0) is 116 Å². The lowest BCUT2D eigenvalue weighted by Crippen LogP contribution is -1.94. The van der Waals surface area contributed by atoms with Crippen molar-refractivity contribution in [3.05, 3.63) is 182 Å². The maximum absolute atomic E-state index is 4.89. The van der Waals surface area contributed by atoms with Crippen LogP contribution < -0.4 is 0 Å². The van der Waals surface area contributed by atoms with Crippen molar-refractivity contribution in [2.45, 2.75) is 0 Å². The topological polar surface area (TPSA) is 25.8 Å². The molecule has 0 aliphatic carbocycles. The summed E-state index contributed by atoms with van der Waals surface area (Å²) in [4.78, 5) is 9.66. The van der Waals surface area contributed by atoms with Crippen molar-refractivity contribution in [3.8, 4) is 22.3 Å². The number of aromatic nitrogens is 2. The van der Waals surface area contributed by atoms with Crippen LogP contribution in [0, 0.1) is 0 Å². The standard InChI is InChI=1S/C52H30N2/c1-2-16-36-34(15-1)35-21-7-12-31-26-27-32-13-8-22-37(47(32)46(31)35)42-23-9-24-44(48(36)42)49-38-17-3-5-19-40(38)50(41-20-6-4-18-39(41)49)45-30-33-14-10-28-53-51(33)52-43(45)25-11-29-54-52/h1-30H. The molecule has 0 saturated heterocycles. The summed E-state index contributed by atoms with van der Waals surface area (Å²) in [7, 11) is 0. The number of benzene rings is 9. The summed E-state index contributed by atoms with van der Waals surface area (Å²) >= 11 is 0. The van der Waals surface area contributed by atoms with Crippen LogP contribution in [-0.2, 0) is 0 Å². The van der Waals surface area contributed by atoms with E-state index in [9.17, 15) is 0 Å². The minimum atomic E-state index is 0.924. The van der Waals surface area contributed by atoms with Gasteiger partial charge in [0.25, 0.3) is 0 Å². The lowest BCUT2D eigenvalue weighted by Gasteiger charge is -2.21. The van der Waals surface area contributed by atoms with Crippen molar-refractivity contribution in [2.24, 2.45) is 0 Å². The first kappa shape index (κ1) is 29.4. The van der Waals surface area contributed by atoms with Gasteiger partial charge in [0.2, 0.25) is 0 Å². The van der Waals surface area contributed by atoms with E-state index in [0.29, 0.717) is 0 Å². The molecule has 12 rings (SSSR count). The first-order valence-electron chi connectivity index (χ1n) is 18.6. The first-order valence-corrected chi connectivity index (χ1v) is 18.6. The van der Waals surface area contributed by atoms with Crippen molar-refractivity contribution in [3.63, 3.8) is 0 Å². The normalized spacial score (nSPS) is 12.1. The van der Waals surface area contributed by atoms with Gasteiger partial charge in [0.1, 0.15) is 0 Å². The Morgan fingerprint density at radius 3 is 1.33 bits per heavy atom. The second kappa shape index (κ2) is 11.2. The van der Waals surface area contributed by atoms with Crippen LogP contribution in [0.4, 0.5) is 0 Å². The van der Waals surface area contributed by atoms with Crippen LogP contribution in [0.15, 0.2) is 182 Å². The van der Waals surface area contributed by atoms with Gasteiger partial charge in [-0.2, -0.15) is 0 Å². The minimum absolute atomic E-state index is 0.924. The first-order chi connectivity index (χ1) is 26.8. The summed E-state index contributed by atoms with van der Waals surface area (Å²) in [5.74, 6) is 0. The zero-order valence-electron chi connectivity index (χ0n) is 29.2. The van der Waals surface area contributed by atoms with Crippen molar-refractivity contribution < 1.29 is 0 Å². The molecule has 248 valence electrons. The van der Waals surface area contributed by atoms with E-state index in [1.54, 1.807) is 0 Å². The number of fused-ring (bicyclic) bond motifs is 10. The largest absolute Gasteiger partial charge is 0.254 e. The molecule has 0 bridgehead atoms. The monoisotopic (exact) mass is 682 g/mol. The Balaban J connectivity index is 1.31. The average Bonchev–Trinajstić information content (AvgIpc) is 3.24. The molecule has 0 spiro atoms. The van der Waals surface area contributed by atoms with Crippen LogP contribution >= 0.6 is 0 Å². The van der Waals surface area contributed by atoms with Gasteiger partial charge in [0.05, 0.1) is 11.0 Å². The van der Waals surface area contributed by atoms with Crippen LogP contribution in [0.5, 0.6) is 0 Å². The highest BCUT2D eigenvalue weighted by Gasteiger charge is 2.22. The molecule has 0 radical (unpaired) electrons. The Morgan fingerprint density at radius 2 is 0.685 bits per heavy atom. The molecular formula is C52H30N2. The zero-order chi connectivity index (χ0) is 35.3. The molecule has 0 N–H and O–H groups in total. The Morgan fingerprint density at radius 1 is 0.259 bits per heavy atom. The second-order valence-corrected chi connectivity index (χ2v) is 14.4. The van der Waals surface area contributed by atoms with Crippen molar-refractivity contribution in [1.29, 1.82) is 0 Å². The predicted octanol–water partition coefficient (Wildman–Crippen LogP) is 14.2. The molecule has 2 heterocycles. The van der Waals surface area contributed by atoms with Crippen LogP contribution in [0.25, 0.3) is 119 Å². The Labute approximate surface area is 310 Å². The van der Waals surface area contributed by atoms with Gasteiger partial charge >= 0.3 is 0 Å². The molecule has 54 heavy (non-hydrogen) atoms. The molecule has 0 aliphatic rings. The number of hydrogen-bond acceptors (Lipinski definition) is 2. The van der Waals surface area contributed by atoms with Crippen molar-refractivity contribution >= 4 is 97.2 Å². The highest BCUT2D eigenvalue weighted by molar-refractivity contribution is 6.35. The van der Waals surface area contributed by atoms with Crippen LogP contribution in [0.3, 0.4) is 0 Å². The van der Waals surface area contributed by atoms with E-state index >= 15 is 0 Å². The van der Waals surface area contributed by atoms with E-state index in [2.05, 4.69) is 158 Å². The Bertz CT molecular complexity index is 3510. The van der Waals surface area contributed by atoms with E-state index in [4.69, 9.17) is 9.97 Å². The highest BCUT2D eigenvalue weighted by Crippen LogP contribution is 2.49. The molecule has 0 unspecified atom stereocenters. The van der Waals surface area contributed by atoms with Crippen molar-refractivity contribution in [1.82, 2.24) is 9.97 Å². The lowest BCUT2D eigenvalue weighted by molar-refractivity contribution is 1.37. The van der Waals surface area contributed by atoms with Crippen LogP contribution in [0.1, 0.15) is 0 Å². The zero-order valence-corrected chi connectivity index (χ0v) is 29.2. The molecule has 0 fully saturated rings. The molecule has 2 heteroatoms. The van der Waals surface area contributed by atoms with Crippen LogP contribution in [-0.4, -0.2) is 9.97 Å². The van der Waals surface area contributed by atoms with Gasteiger partial charge in [0.15, 0.2) is 0 Å². The molecule has 12 aromatic rings. The molecule has 10 aromatic carbocycles. The molecular weight excluding hydrogens is 653 g/mol. The SMILES string of the molecule is c1cnc2c(c1)cc(-c1c3ccccc3c(-c3cccc4c5cccc6ccc7cccc(c8ccccc8c34)c7c65)c3ccccc13)c1cccnc12. The third-order valence-corrected chi connectivity index (χ3v) is 11.7. The van der Waals surface area contributed by atoms with Gasteiger partial charge in [-0.3, -0.25) is 9.97 Å². The molecule has 0 atom stereocenters. The number of rotatable bonds is 2. The van der Waals surface area contributed by atoms with E-state index < -0.39 is 0 Å². The van der Waals surface area contributed by atoms with E-state index in [1.807, 2.05) is 24.5 Å². The molecule has 0 saturated carbocycles. The summed E-state index contributed by atoms with van der Waals surface area (Å²) in [6.45, 7) is 0. The second-order valence-electron chi connectivity index (χ2n) is 14.4. The van der Waals surface area contributed by atoms with E-state index in [-0.39, 0.29) is 0 Å². The lowest BCUT2D eigenvalue weighted by atomic mass is 9.82. The van der Waals surface area contributed by atoms with Gasteiger partial charge < -0.3 is 0 Å². The number of pyridine rings is 2. The highest BCUT2D eigenvalue weighted by atomic mass is 14.7. The predicted molar refractivity (Wildman–Crippen MR) is 230 cm³/mol. The Hall–Kier alpha value is -7.16. The smallest absolute Gasteiger partial charge is 0.0970 e. The molecule has 2 nitrogen and oxygen atoms in total. The third-order valence-electron chi connectivity index (χ3n) is 11.7. The fourth-order valence-corrected chi connectivity index (χ4v) is 9.51. The number of hydrogen-bond donors (Lipinski definition) is 0. The summed E-state index contributed by atoms with van der Waals surface area (Å²) in [6, 6.07) is 62.7. The van der Waals surface area contributed by atoms with Gasteiger partial charge in [-0.25, -0.2) is 0 Å². The van der Waals surface area contributed by atoms with Crippen LogP contribution in [0.2, 0.25) is 0 Å². The Kier molecular flexibility index (Phi) is 6.09. The summed E-state index contributed by atoms with van der Waals surface area (Å²) in [5.41, 5.74) is 6.72. The summed E-state index contributed by atoms with van der Waals surface area (Å²) in [5, 5.41) is 19.8. The summed E-state index contributed by atoms with van der Waals surface area (Å²) in [6.07, 6.45) is 3.73. The molecule has 0 aliphatic heterocycles. The van der Waals surface area contributed by atoms with Gasteiger partial charge in [0, 0.05) is 23.2 Å². The van der Waals surface area contributed by atoms with E-state index in [1.165, 1.54) is 97.7 Å². The maximum Gasteiger partial charge on any atom is 0.0970 e. The fourth-order valence-electron chi connectivity index (χ4n) is 9.51. The fraction of sp³-hybridized carbons (Fsp3) is 0. The maximum atomic E-state index is 4.89. The molecule has 2 aromatic heterocycles. The van der Waals surface area contributed by atoms with E-state index in [0.717, 1.165) is 21.8 Å².